The third kappa shape index (κ3) is 5.29. The third-order valence-electron chi connectivity index (χ3n) is 5.83. The number of nitrogens with zero attached hydrogens (tertiary/aromatic N) is 2. The summed E-state index contributed by atoms with van der Waals surface area (Å²) in [6.07, 6.45) is 3.97. The maximum atomic E-state index is 12.6. The van der Waals surface area contributed by atoms with Gasteiger partial charge in [0.1, 0.15) is 4.21 Å². The van der Waals surface area contributed by atoms with Gasteiger partial charge in [-0.15, -0.1) is 11.3 Å². The summed E-state index contributed by atoms with van der Waals surface area (Å²) in [5.41, 5.74) is 1.32. The van der Waals surface area contributed by atoms with Crippen molar-refractivity contribution < 1.29 is 13.2 Å². The standard InChI is InChI=1S/C22H29N3O3S2/c26-21(16-20-8-9-22(29-20)30(27,28)25-12-4-5-13-25)23-19-10-14-24(15-11-19)17-18-6-2-1-3-7-18/h1-3,6-9,19H,4-5,10-17H2,(H,23,26). The van der Waals surface area contributed by atoms with E-state index in [0.29, 0.717) is 17.3 Å². The lowest BCUT2D eigenvalue weighted by atomic mass is 10.0. The fraction of sp³-hybridized carbons (Fsp3) is 0.500. The number of sulfonamides is 1. The van der Waals surface area contributed by atoms with E-state index in [9.17, 15) is 13.2 Å². The van der Waals surface area contributed by atoms with Crippen LogP contribution in [0.2, 0.25) is 0 Å². The minimum absolute atomic E-state index is 0.0246. The number of carbonyl (C=O) groups is 1. The molecule has 0 saturated carbocycles. The number of hydrogen-bond donors (Lipinski definition) is 1. The van der Waals surface area contributed by atoms with Crippen molar-refractivity contribution in [3.05, 3.63) is 52.9 Å². The highest BCUT2D eigenvalue weighted by Gasteiger charge is 2.29. The molecule has 1 aromatic carbocycles. The molecule has 2 saturated heterocycles. The number of rotatable bonds is 7. The number of hydrogen-bond acceptors (Lipinski definition) is 5. The summed E-state index contributed by atoms with van der Waals surface area (Å²) in [7, 11) is -3.40. The SMILES string of the molecule is O=C(Cc1ccc(S(=O)(=O)N2CCCC2)s1)NC1CCN(Cc2ccccc2)CC1. The maximum absolute atomic E-state index is 12.6. The van der Waals surface area contributed by atoms with Crippen LogP contribution in [0.3, 0.4) is 0 Å². The van der Waals surface area contributed by atoms with Gasteiger partial charge in [0.25, 0.3) is 10.0 Å². The van der Waals surface area contributed by atoms with Gasteiger partial charge in [-0.05, 0) is 43.4 Å². The van der Waals surface area contributed by atoms with E-state index in [-0.39, 0.29) is 18.4 Å². The molecular weight excluding hydrogens is 418 g/mol. The van der Waals surface area contributed by atoms with Gasteiger partial charge in [0.15, 0.2) is 0 Å². The van der Waals surface area contributed by atoms with Crippen molar-refractivity contribution in [1.82, 2.24) is 14.5 Å². The van der Waals surface area contributed by atoms with E-state index in [0.717, 1.165) is 50.2 Å². The number of benzene rings is 1. The van der Waals surface area contributed by atoms with Gasteiger partial charge >= 0.3 is 0 Å². The number of amides is 1. The first-order chi connectivity index (χ1) is 14.5. The van der Waals surface area contributed by atoms with Crippen molar-refractivity contribution in [2.45, 2.75) is 48.9 Å². The quantitative estimate of drug-likeness (QED) is 0.709. The zero-order valence-electron chi connectivity index (χ0n) is 17.1. The lowest BCUT2D eigenvalue weighted by molar-refractivity contribution is -0.121. The van der Waals surface area contributed by atoms with Gasteiger partial charge in [-0.25, -0.2) is 8.42 Å². The second-order valence-corrected chi connectivity index (χ2v) is 11.4. The summed E-state index contributed by atoms with van der Waals surface area (Å²) < 4.78 is 27.2. The van der Waals surface area contributed by atoms with Gasteiger partial charge in [-0.1, -0.05) is 30.3 Å². The molecule has 2 fully saturated rings. The van der Waals surface area contributed by atoms with E-state index in [1.54, 1.807) is 16.4 Å². The molecule has 4 rings (SSSR count). The molecule has 0 bridgehead atoms. The lowest BCUT2D eigenvalue weighted by Crippen LogP contribution is -2.44. The first-order valence-corrected chi connectivity index (χ1v) is 12.9. The molecule has 0 aliphatic carbocycles. The normalized spacial score (nSPS) is 19.2. The molecular formula is C22H29N3O3S2. The minimum Gasteiger partial charge on any atom is -0.353 e. The zero-order chi connectivity index (χ0) is 21.0. The van der Waals surface area contributed by atoms with Crippen LogP contribution in [0.1, 0.15) is 36.1 Å². The fourth-order valence-corrected chi connectivity index (χ4v) is 7.19. The van der Waals surface area contributed by atoms with Crippen molar-refractivity contribution in [2.75, 3.05) is 26.2 Å². The first kappa shape index (κ1) is 21.5. The van der Waals surface area contributed by atoms with E-state index in [1.165, 1.54) is 16.9 Å². The van der Waals surface area contributed by atoms with Crippen LogP contribution in [0, 0.1) is 0 Å². The molecule has 1 aromatic heterocycles. The van der Waals surface area contributed by atoms with Crippen LogP contribution in [0.25, 0.3) is 0 Å². The maximum Gasteiger partial charge on any atom is 0.252 e. The second kappa shape index (κ2) is 9.60. The Kier molecular flexibility index (Phi) is 6.87. The van der Waals surface area contributed by atoms with Crippen molar-refractivity contribution >= 4 is 27.3 Å². The topological polar surface area (TPSA) is 69.7 Å². The van der Waals surface area contributed by atoms with Crippen LogP contribution in [-0.4, -0.2) is 55.8 Å². The second-order valence-electron chi connectivity index (χ2n) is 8.11. The van der Waals surface area contributed by atoms with Gasteiger partial charge in [-0.3, -0.25) is 9.69 Å². The van der Waals surface area contributed by atoms with Crippen LogP contribution < -0.4 is 5.32 Å². The van der Waals surface area contributed by atoms with Crippen molar-refractivity contribution in [3.63, 3.8) is 0 Å². The van der Waals surface area contributed by atoms with Crippen LogP contribution in [-0.2, 0) is 27.8 Å². The summed E-state index contributed by atoms with van der Waals surface area (Å²) in [6.45, 7) is 4.08. The average molecular weight is 448 g/mol. The van der Waals surface area contributed by atoms with Crippen LogP contribution in [0.15, 0.2) is 46.7 Å². The van der Waals surface area contributed by atoms with Crippen molar-refractivity contribution in [1.29, 1.82) is 0 Å². The number of likely N-dealkylation sites (tertiary alicyclic amines) is 1. The van der Waals surface area contributed by atoms with Gasteiger partial charge in [0, 0.05) is 43.6 Å². The van der Waals surface area contributed by atoms with Crippen LogP contribution >= 0.6 is 11.3 Å². The molecule has 0 unspecified atom stereocenters. The summed E-state index contributed by atoms with van der Waals surface area (Å²) in [5.74, 6) is -0.0246. The molecule has 1 amide bonds. The number of piperidine rings is 1. The van der Waals surface area contributed by atoms with Gasteiger partial charge < -0.3 is 5.32 Å². The molecule has 0 spiro atoms. The molecule has 0 radical (unpaired) electrons. The summed E-state index contributed by atoms with van der Waals surface area (Å²) in [6, 6.07) is 14.1. The molecule has 2 aromatic rings. The number of carbonyl (C=O) groups excluding carboxylic acids is 1. The largest absolute Gasteiger partial charge is 0.353 e. The summed E-state index contributed by atoms with van der Waals surface area (Å²) in [5, 5.41) is 3.14. The Bertz CT molecular complexity index is 945. The highest BCUT2D eigenvalue weighted by Crippen LogP contribution is 2.27. The Morgan fingerprint density at radius 3 is 2.40 bits per heavy atom. The Balaban J connectivity index is 1.24. The van der Waals surface area contributed by atoms with E-state index in [2.05, 4.69) is 34.5 Å². The van der Waals surface area contributed by atoms with Crippen molar-refractivity contribution in [2.24, 2.45) is 0 Å². The van der Waals surface area contributed by atoms with Gasteiger partial charge in [0.2, 0.25) is 5.91 Å². The molecule has 1 N–H and O–H groups in total. The molecule has 3 heterocycles. The molecule has 8 heteroatoms. The highest BCUT2D eigenvalue weighted by molar-refractivity contribution is 7.91. The van der Waals surface area contributed by atoms with Crippen LogP contribution in [0.4, 0.5) is 0 Å². The lowest BCUT2D eigenvalue weighted by Gasteiger charge is -2.32. The van der Waals surface area contributed by atoms with Gasteiger partial charge in [-0.2, -0.15) is 4.31 Å². The zero-order valence-corrected chi connectivity index (χ0v) is 18.8. The Morgan fingerprint density at radius 2 is 1.70 bits per heavy atom. The first-order valence-electron chi connectivity index (χ1n) is 10.7. The fourth-order valence-electron chi connectivity index (χ4n) is 4.16. The number of thiophene rings is 1. The molecule has 2 aliphatic heterocycles. The molecule has 6 nitrogen and oxygen atoms in total. The Labute approximate surface area is 182 Å². The van der Waals surface area contributed by atoms with E-state index in [1.807, 2.05) is 6.07 Å². The van der Waals surface area contributed by atoms with E-state index in [4.69, 9.17) is 0 Å². The number of nitrogens with one attached hydrogen (secondary N) is 1. The summed E-state index contributed by atoms with van der Waals surface area (Å²) >= 11 is 1.22. The minimum atomic E-state index is -3.40. The highest BCUT2D eigenvalue weighted by atomic mass is 32.2. The third-order valence-corrected chi connectivity index (χ3v) is 9.28. The summed E-state index contributed by atoms with van der Waals surface area (Å²) in [4.78, 5) is 15.7. The predicted octanol–water partition coefficient (Wildman–Crippen LogP) is 2.86. The molecule has 0 atom stereocenters. The van der Waals surface area contributed by atoms with Crippen LogP contribution in [0.5, 0.6) is 0 Å². The van der Waals surface area contributed by atoms with Gasteiger partial charge in [0.05, 0.1) is 6.42 Å². The van der Waals surface area contributed by atoms with E-state index < -0.39 is 10.0 Å². The molecule has 2 aliphatic rings. The van der Waals surface area contributed by atoms with Crippen molar-refractivity contribution in [3.8, 4) is 0 Å². The Morgan fingerprint density at radius 1 is 1.00 bits per heavy atom. The predicted molar refractivity (Wildman–Crippen MR) is 119 cm³/mol. The molecule has 30 heavy (non-hydrogen) atoms. The van der Waals surface area contributed by atoms with E-state index >= 15 is 0 Å². The Hall–Kier alpha value is -1.74. The molecule has 162 valence electrons. The monoisotopic (exact) mass is 447 g/mol. The average Bonchev–Trinajstić information content (AvgIpc) is 3.43. The smallest absolute Gasteiger partial charge is 0.252 e.